The van der Waals surface area contributed by atoms with E-state index in [1.807, 2.05) is 4.68 Å². The molecule has 2 aromatic rings. The van der Waals surface area contributed by atoms with Gasteiger partial charge in [0.1, 0.15) is 5.52 Å². The monoisotopic (exact) mass is 328 g/mol. The summed E-state index contributed by atoms with van der Waals surface area (Å²) in [6.07, 6.45) is 10.4. The maximum absolute atomic E-state index is 11.1. The van der Waals surface area contributed by atoms with Crippen LogP contribution in [-0.2, 0) is 25.8 Å². The largest absolute Gasteiger partial charge is 0.389 e. The number of hydrogen-bond acceptors (Lipinski definition) is 4. The fraction of sp³-hybridized carbons (Fsp3) is 0.684. The van der Waals surface area contributed by atoms with E-state index in [4.69, 9.17) is 10.8 Å². The first-order chi connectivity index (χ1) is 11.6. The van der Waals surface area contributed by atoms with Crippen molar-refractivity contribution in [3.8, 4) is 0 Å². The van der Waals surface area contributed by atoms with Crippen molar-refractivity contribution in [2.24, 2.45) is 0 Å². The molecule has 0 saturated heterocycles. The van der Waals surface area contributed by atoms with E-state index < -0.39 is 5.60 Å². The molecule has 0 atom stereocenters. The van der Waals surface area contributed by atoms with Crippen molar-refractivity contribution in [2.75, 3.05) is 5.73 Å². The Morgan fingerprint density at radius 1 is 1.12 bits per heavy atom. The molecule has 4 rings (SSSR count). The van der Waals surface area contributed by atoms with Gasteiger partial charge in [0.25, 0.3) is 0 Å². The molecular weight excluding hydrogens is 300 g/mol. The molecule has 0 aromatic carbocycles. The number of aryl methyl sites for hydroxylation is 3. The maximum atomic E-state index is 11.1. The molecular formula is C19H28N4O. The number of nitrogens with zero attached hydrogens (tertiary/aromatic N) is 3. The van der Waals surface area contributed by atoms with Crippen LogP contribution >= 0.6 is 0 Å². The Morgan fingerprint density at radius 2 is 1.88 bits per heavy atom. The number of aromatic nitrogens is 3. The number of fused-ring (bicyclic) bond motifs is 3. The molecule has 5 heteroatoms. The van der Waals surface area contributed by atoms with Crippen LogP contribution in [-0.4, -0.2) is 25.5 Å². The number of nitrogen functional groups attached to an aromatic ring is 1. The van der Waals surface area contributed by atoms with Crippen LogP contribution in [0.2, 0.25) is 0 Å². The smallest absolute Gasteiger partial charge is 0.152 e. The first-order valence-corrected chi connectivity index (χ1v) is 9.50. The summed E-state index contributed by atoms with van der Waals surface area (Å²) in [5.41, 5.74) is 10.1. The van der Waals surface area contributed by atoms with Crippen LogP contribution in [0.15, 0.2) is 0 Å². The summed E-state index contributed by atoms with van der Waals surface area (Å²) in [4.78, 5) is 4.63. The molecule has 5 nitrogen and oxygen atoms in total. The maximum Gasteiger partial charge on any atom is 0.152 e. The minimum Gasteiger partial charge on any atom is -0.389 e. The summed E-state index contributed by atoms with van der Waals surface area (Å²) < 4.78 is 2.05. The molecule has 2 aliphatic carbocycles. The summed E-state index contributed by atoms with van der Waals surface area (Å²) in [5.74, 6) is 0.551. The zero-order valence-electron chi connectivity index (χ0n) is 14.6. The minimum absolute atomic E-state index is 0.551. The van der Waals surface area contributed by atoms with Crippen LogP contribution in [0.3, 0.4) is 0 Å². The van der Waals surface area contributed by atoms with Gasteiger partial charge in [-0.25, -0.2) is 4.98 Å². The molecule has 0 unspecified atom stereocenters. The van der Waals surface area contributed by atoms with Gasteiger partial charge in [0.2, 0.25) is 0 Å². The van der Waals surface area contributed by atoms with E-state index >= 15 is 0 Å². The topological polar surface area (TPSA) is 77.0 Å². The second-order valence-electron chi connectivity index (χ2n) is 7.58. The van der Waals surface area contributed by atoms with Crippen LogP contribution in [0.4, 0.5) is 5.82 Å². The fourth-order valence-corrected chi connectivity index (χ4v) is 4.61. The molecule has 2 aromatic heterocycles. The lowest BCUT2D eigenvalue weighted by Crippen LogP contribution is -2.34. The average Bonchev–Trinajstić information content (AvgIpc) is 2.94. The van der Waals surface area contributed by atoms with E-state index in [1.165, 1.54) is 35.9 Å². The number of nitrogens with two attached hydrogens (primary N) is 1. The Bertz CT molecular complexity index is 759. The number of rotatable bonds is 3. The van der Waals surface area contributed by atoms with E-state index in [0.29, 0.717) is 12.2 Å². The lowest BCUT2D eigenvalue weighted by molar-refractivity contribution is 0.00306. The summed E-state index contributed by atoms with van der Waals surface area (Å²) in [7, 11) is 0. The third kappa shape index (κ3) is 2.59. The summed E-state index contributed by atoms with van der Waals surface area (Å²) in [6, 6.07) is 0. The number of hydrogen-bond donors (Lipinski definition) is 2. The summed E-state index contributed by atoms with van der Waals surface area (Å²) >= 11 is 0. The Labute approximate surface area is 143 Å². The van der Waals surface area contributed by atoms with Gasteiger partial charge in [0.15, 0.2) is 5.82 Å². The molecule has 24 heavy (non-hydrogen) atoms. The van der Waals surface area contributed by atoms with Crippen LogP contribution in [0.25, 0.3) is 10.9 Å². The molecule has 3 N–H and O–H groups in total. The van der Waals surface area contributed by atoms with Crippen molar-refractivity contribution >= 4 is 16.7 Å². The Kier molecular flexibility index (Phi) is 3.99. The van der Waals surface area contributed by atoms with Gasteiger partial charge in [-0.3, -0.25) is 4.68 Å². The minimum atomic E-state index is -0.586. The Hall–Kier alpha value is -1.62. The van der Waals surface area contributed by atoms with Crippen molar-refractivity contribution in [3.05, 3.63) is 17.0 Å². The van der Waals surface area contributed by atoms with Crippen molar-refractivity contribution in [1.82, 2.24) is 14.8 Å². The van der Waals surface area contributed by atoms with Crippen LogP contribution in [0.5, 0.6) is 0 Å². The highest BCUT2D eigenvalue weighted by atomic mass is 16.3. The SMILES string of the molecule is CCn1nc2c(N)nc3c(c2c1CC1(O)CCCCC1)CCCC3. The van der Waals surface area contributed by atoms with E-state index in [2.05, 4.69) is 11.9 Å². The zero-order chi connectivity index (χ0) is 16.7. The number of aliphatic hydroxyl groups is 1. The molecule has 0 radical (unpaired) electrons. The highest BCUT2D eigenvalue weighted by molar-refractivity contribution is 5.93. The zero-order valence-corrected chi connectivity index (χ0v) is 14.6. The van der Waals surface area contributed by atoms with Gasteiger partial charge < -0.3 is 10.8 Å². The molecule has 0 bridgehead atoms. The molecule has 1 saturated carbocycles. The first kappa shape index (κ1) is 15.9. The molecule has 0 amide bonds. The lowest BCUT2D eigenvalue weighted by Gasteiger charge is -2.32. The second kappa shape index (κ2) is 6.03. The van der Waals surface area contributed by atoms with Gasteiger partial charge in [-0.1, -0.05) is 19.3 Å². The number of pyridine rings is 1. The van der Waals surface area contributed by atoms with E-state index in [0.717, 1.165) is 56.3 Å². The van der Waals surface area contributed by atoms with Crippen molar-refractivity contribution in [2.45, 2.75) is 83.3 Å². The van der Waals surface area contributed by atoms with Crippen LogP contribution in [0, 0.1) is 0 Å². The van der Waals surface area contributed by atoms with Gasteiger partial charge in [-0.15, -0.1) is 0 Å². The van der Waals surface area contributed by atoms with Crippen molar-refractivity contribution in [1.29, 1.82) is 0 Å². The highest BCUT2D eigenvalue weighted by Gasteiger charge is 2.33. The van der Waals surface area contributed by atoms with Gasteiger partial charge in [0.05, 0.1) is 5.60 Å². The third-order valence-electron chi connectivity index (χ3n) is 5.88. The van der Waals surface area contributed by atoms with Gasteiger partial charge in [-0.2, -0.15) is 5.10 Å². The van der Waals surface area contributed by atoms with E-state index in [-0.39, 0.29) is 0 Å². The molecule has 130 valence electrons. The van der Waals surface area contributed by atoms with E-state index in [9.17, 15) is 5.11 Å². The quantitative estimate of drug-likeness (QED) is 0.907. The average molecular weight is 328 g/mol. The summed E-state index contributed by atoms with van der Waals surface area (Å²) in [5, 5.41) is 17.1. The van der Waals surface area contributed by atoms with Gasteiger partial charge in [0, 0.05) is 29.7 Å². The lowest BCUT2D eigenvalue weighted by atomic mass is 9.80. The normalized spacial score (nSPS) is 20.2. The van der Waals surface area contributed by atoms with Crippen LogP contribution < -0.4 is 5.73 Å². The predicted octanol–water partition coefficient (Wildman–Crippen LogP) is 3.15. The summed E-state index contributed by atoms with van der Waals surface area (Å²) in [6.45, 7) is 2.91. The van der Waals surface area contributed by atoms with Crippen molar-refractivity contribution < 1.29 is 5.11 Å². The van der Waals surface area contributed by atoms with Crippen molar-refractivity contribution in [3.63, 3.8) is 0 Å². The third-order valence-corrected chi connectivity index (χ3v) is 5.88. The second-order valence-corrected chi connectivity index (χ2v) is 7.58. The number of anilines is 1. The van der Waals surface area contributed by atoms with Gasteiger partial charge in [-0.05, 0) is 51.0 Å². The highest BCUT2D eigenvalue weighted by Crippen LogP contribution is 2.37. The van der Waals surface area contributed by atoms with Gasteiger partial charge >= 0.3 is 0 Å². The standard InChI is InChI=1S/C19H28N4O/c1-2-23-15(12-19(24)10-6-3-7-11-19)16-13-8-4-5-9-14(13)21-18(20)17(16)22-23/h24H,2-12H2,1H3,(H2,20,21). The molecule has 2 heterocycles. The van der Waals surface area contributed by atoms with E-state index in [1.54, 1.807) is 0 Å². The molecule has 0 spiro atoms. The predicted molar refractivity (Wildman–Crippen MR) is 96.0 cm³/mol. The molecule has 1 fully saturated rings. The molecule has 0 aliphatic heterocycles. The molecule has 2 aliphatic rings. The van der Waals surface area contributed by atoms with Crippen LogP contribution in [0.1, 0.15) is 68.8 Å². The Morgan fingerprint density at radius 3 is 2.62 bits per heavy atom. The Balaban J connectivity index is 1.87. The first-order valence-electron chi connectivity index (χ1n) is 9.50. The fourth-order valence-electron chi connectivity index (χ4n) is 4.61.